The molecule has 134 valence electrons. The molecule has 7 nitrogen and oxygen atoms in total. The van der Waals surface area contributed by atoms with E-state index in [1.807, 2.05) is 60.1 Å². The van der Waals surface area contributed by atoms with E-state index in [1.54, 1.807) is 18.5 Å². The smallest absolute Gasteiger partial charge is 0.316 e. The largest absolute Gasteiger partial charge is 0.453 e. The molecular formula is C20H17N5O2. The highest BCUT2D eigenvalue weighted by atomic mass is 16.5. The monoisotopic (exact) mass is 359 g/mol. The number of imidazole rings is 1. The summed E-state index contributed by atoms with van der Waals surface area (Å²) in [4.78, 5) is 24.6. The number of nitrogens with one attached hydrogen (secondary N) is 1. The number of hydrogen-bond donors (Lipinski definition) is 1. The van der Waals surface area contributed by atoms with Crippen LogP contribution in [-0.4, -0.2) is 31.9 Å². The number of anilines is 1. The summed E-state index contributed by atoms with van der Waals surface area (Å²) in [6.07, 6.45) is 7.05. The van der Waals surface area contributed by atoms with Crippen molar-refractivity contribution in [1.29, 1.82) is 0 Å². The lowest BCUT2D eigenvalue weighted by Gasteiger charge is -2.07. The summed E-state index contributed by atoms with van der Waals surface area (Å²) in [5.74, 6) is -0.287. The first-order chi connectivity index (χ1) is 13.2. The number of carbonyl (C=O) groups excluding carboxylic acids is 1. The summed E-state index contributed by atoms with van der Waals surface area (Å²) in [6.45, 7) is 1.86. The van der Waals surface area contributed by atoms with Crippen molar-refractivity contribution in [2.75, 3.05) is 11.9 Å². The Hall–Kier alpha value is -3.74. The Bertz CT molecular complexity index is 1090. The maximum Gasteiger partial charge on any atom is 0.316 e. The van der Waals surface area contributed by atoms with Gasteiger partial charge < -0.3 is 14.5 Å². The van der Waals surface area contributed by atoms with Crippen LogP contribution in [0.2, 0.25) is 0 Å². The van der Waals surface area contributed by atoms with E-state index in [2.05, 4.69) is 20.3 Å². The number of aromatic nitrogens is 4. The molecule has 0 aliphatic carbocycles. The number of rotatable bonds is 5. The van der Waals surface area contributed by atoms with Crippen molar-refractivity contribution >= 4 is 17.2 Å². The topological polar surface area (TPSA) is 81.4 Å². The van der Waals surface area contributed by atoms with Crippen LogP contribution in [0.15, 0.2) is 67.3 Å². The van der Waals surface area contributed by atoms with Crippen LogP contribution < -0.4 is 10.1 Å². The molecule has 0 fully saturated rings. The third-order valence-corrected chi connectivity index (χ3v) is 3.99. The average molecular weight is 359 g/mol. The van der Waals surface area contributed by atoms with Gasteiger partial charge in [-0.3, -0.25) is 4.79 Å². The van der Waals surface area contributed by atoms with E-state index < -0.39 is 0 Å². The number of nitrogens with zero attached hydrogens (tertiary/aromatic N) is 4. The number of amides is 1. The molecule has 0 bridgehead atoms. The predicted molar refractivity (Wildman–Crippen MR) is 102 cm³/mol. The molecule has 0 unspecified atom stereocenters. The Kier molecular flexibility index (Phi) is 4.49. The zero-order valence-electron chi connectivity index (χ0n) is 14.7. The van der Waals surface area contributed by atoms with E-state index in [0.717, 1.165) is 22.5 Å². The highest BCUT2D eigenvalue weighted by Crippen LogP contribution is 2.23. The van der Waals surface area contributed by atoms with E-state index in [1.165, 1.54) is 0 Å². The fourth-order valence-electron chi connectivity index (χ4n) is 2.74. The van der Waals surface area contributed by atoms with Gasteiger partial charge in [-0.15, -0.1) is 0 Å². The summed E-state index contributed by atoms with van der Waals surface area (Å²) >= 11 is 0. The SMILES string of the molecule is Cc1cccn2cc(-c3cccc(NC(=O)COc4ncccn4)c3)nc12. The molecule has 0 aliphatic rings. The predicted octanol–water partition coefficient (Wildman–Crippen LogP) is 3.12. The van der Waals surface area contributed by atoms with Gasteiger partial charge in [0.25, 0.3) is 5.91 Å². The maximum absolute atomic E-state index is 12.1. The van der Waals surface area contributed by atoms with Crippen LogP contribution in [0.4, 0.5) is 5.69 Å². The van der Waals surface area contributed by atoms with Crippen LogP contribution >= 0.6 is 0 Å². The molecule has 0 spiro atoms. The van der Waals surface area contributed by atoms with Crippen molar-refractivity contribution in [2.24, 2.45) is 0 Å². The molecule has 1 aromatic carbocycles. The molecule has 0 saturated heterocycles. The number of aryl methyl sites for hydroxylation is 1. The van der Waals surface area contributed by atoms with Crippen LogP contribution in [0.1, 0.15) is 5.56 Å². The Morgan fingerprint density at radius 2 is 2.00 bits per heavy atom. The first kappa shape index (κ1) is 16.7. The maximum atomic E-state index is 12.1. The molecule has 0 saturated carbocycles. The van der Waals surface area contributed by atoms with Crippen molar-refractivity contribution in [2.45, 2.75) is 6.92 Å². The Balaban J connectivity index is 1.48. The van der Waals surface area contributed by atoms with Gasteiger partial charge in [0, 0.05) is 36.0 Å². The number of ether oxygens (including phenoxy) is 1. The molecule has 0 aliphatic heterocycles. The molecule has 0 atom stereocenters. The van der Waals surface area contributed by atoms with Crippen molar-refractivity contribution in [3.8, 4) is 17.3 Å². The molecule has 3 heterocycles. The number of benzene rings is 1. The normalized spacial score (nSPS) is 10.7. The van der Waals surface area contributed by atoms with Crippen molar-refractivity contribution in [3.05, 3.63) is 72.8 Å². The van der Waals surface area contributed by atoms with Crippen molar-refractivity contribution in [1.82, 2.24) is 19.4 Å². The zero-order valence-corrected chi connectivity index (χ0v) is 14.7. The third kappa shape index (κ3) is 3.77. The average Bonchev–Trinajstić information content (AvgIpc) is 3.13. The van der Waals surface area contributed by atoms with E-state index in [-0.39, 0.29) is 18.5 Å². The molecule has 0 radical (unpaired) electrons. The fourth-order valence-corrected chi connectivity index (χ4v) is 2.74. The number of pyridine rings is 1. The minimum absolute atomic E-state index is 0.165. The molecule has 27 heavy (non-hydrogen) atoms. The first-order valence-corrected chi connectivity index (χ1v) is 8.43. The quantitative estimate of drug-likeness (QED) is 0.592. The van der Waals surface area contributed by atoms with Crippen LogP contribution in [0.3, 0.4) is 0 Å². The lowest BCUT2D eigenvalue weighted by atomic mass is 10.1. The van der Waals surface area contributed by atoms with Gasteiger partial charge in [0.1, 0.15) is 5.65 Å². The number of fused-ring (bicyclic) bond motifs is 1. The van der Waals surface area contributed by atoms with Gasteiger partial charge in [0.15, 0.2) is 6.61 Å². The second kappa shape index (κ2) is 7.25. The van der Waals surface area contributed by atoms with Crippen molar-refractivity contribution < 1.29 is 9.53 Å². The van der Waals surface area contributed by atoms with Gasteiger partial charge in [-0.05, 0) is 36.8 Å². The number of carbonyl (C=O) groups is 1. The molecule has 1 amide bonds. The van der Waals surface area contributed by atoms with Crippen LogP contribution in [-0.2, 0) is 4.79 Å². The van der Waals surface area contributed by atoms with Gasteiger partial charge in [0.2, 0.25) is 0 Å². The van der Waals surface area contributed by atoms with Gasteiger partial charge in [-0.2, -0.15) is 0 Å². The summed E-state index contributed by atoms with van der Waals surface area (Å²) in [5, 5.41) is 2.81. The van der Waals surface area contributed by atoms with Crippen LogP contribution in [0.25, 0.3) is 16.9 Å². The molecular weight excluding hydrogens is 342 g/mol. The fraction of sp³-hybridized carbons (Fsp3) is 0.100. The minimum Gasteiger partial charge on any atom is -0.453 e. The summed E-state index contributed by atoms with van der Waals surface area (Å²) in [7, 11) is 0. The Labute approximate surface area is 155 Å². The lowest BCUT2D eigenvalue weighted by molar-refractivity contribution is -0.118. The van der Waals surface area contributed by atoms with Crippen LogP contribution in [0.5, 0.6) is 6.01 Å². The lowest BCUT2D eigenvalue weighted by Crippen LogP contribution is -2.20. The molecule has 7 heteroatoms. The van der Waals surface area contributed by atoms with Crippen molar-refractivity contribution in [3.63, 3.8) is 0 Å². The van der Waals surface area contributed by atoms with Gasteiger partial charge in [-0.1, -0.05) is 18.2 Å². The molecule has 4 rings (SSSR count). The first-order valence-electron chi connectivity index (χ1n) is 8.43. The summed E-state index contributed by atoms with van der Waals surface area (Å²) < 4.78 is 7.25. The zero-order chi connectivity index (χ0) is 18.6. The van der Waals surface area contributed by atoms with E-state index >= 15 is 0 Å². The minimum atomic E-state index is -0.287. The molecule has 3 aromatic heterocycles. The number of hydrogen-bond acceptors (Lipinski definition) is 5. The van der Waals surface area contributed by atoms with Crippen LogP contribution in [0, 0.1) is 6.92 Å². The molecule has 1 N–H and O–H groups in total. The van der Waals surface area contributed by atoms with Gasteiger partial charge in [-0.25, -0.2) is 15.0 Å². The van der Waals surface area contributed by atoms with E-state index in [0.29, 0.717) is 5.69 Å². The standard InChI is InChI=1S/C20H17N5O2/c1-14-5-3-10-25-12-17(24-19(14)25)15-6-2-7-16(11-15)23-18(26)13-27-20-21-8-4-9-22-20/h2-12H,13H2,1H3,(H,23,26). The summed E-state index contributed by atoms with van der Waals surface area (Å²) in [6, 6.07) is 13.4. The Morgan fingerprint density at radius 3 is 2.81 bits per heavy atom. The molecule has 4 aromatic rings. The second-order valence-electron chi connectivity index (χ2n) is 6.00. The van der Waals surface area contributed by atoms with E-state index in [9.17, 15) is 4.79 Å². The van der Waals surface area contributed by atoms with Gasteiger partial charge in [0.05, 0.1) is 5.69 Å². The van der Waals surface area contributed by atoms with Gasteiger partial charge >= 0.3 is 6.01 Å². The summed E-state index contributed by atoms with van der Waals surface area (Å²) in [5.41, 5.74) is 4.45. The second-order valence-corrected chi connectivity index (χ2v) is 6.00. The van der Waals surface area contributed by atoms with E-state index in [4.69, 9.17) is 4.74 Å². The highest BCUT2D eigenvalue weighted by Gasteiger charge is 2.09. The highest BCUT2D eigenvalue weighted by molar-refractivity contribution is 5.92. The Morgan fingerprint density at radius 1 is 1.15 bits per heavy atom. The third-order valence-electron chi connectivity index (χ3n) is 3.99.